The average Bonchev–Trinajstić information content (AvgIpc) is 3.25. The summed E-state index contributed by atoms with van der Waals surface area (Å²) in [7, 11) is 0.533. The summed E-state index contributed by atoms with van der Waals surface area (Å²) in [5.41, 5.74) is 1.60. The third-order valence-corrected chi connectivity index (χ3v) is 9.18. The molecule has 0 unspecified atom stereocenters. The van der Waals surface area contributed by atoms with Gasteiger partial charge in [0.1, 0.15) is 5.00 Å². The number of rotatable bonds is 13. The maximum Gasteiger partial charge on any atom is 0.341 e. The Morgan fingerprint density at radius 1 is 1.08 bits per heavy atom. The van der Waals surface area contributed by atoms with Crippen LogP contribution in [0.15, 0.2) is 29.2 Å². The molecule has 2 heterocycles. The minimum atomic E-state index is -3.80. The Balaban J connectivity index is 1.81. The largest absolute Gasteiger partial charge is 0.465 e. The fraction of sp³-hybridized carbons (Fsp3) is 0.520. The Labute approximate surface area is 222 Å². The normalized spacial score (nSPS) is 14.0. The van der Waals surface area contributed by atoms with Gasteiger partial charge >= 0.3 is 5.97 Å². The van der Waals surface area contributed by atoms with Crippen molar-refractivity contribution in [2.45, 2.75) is 31.2 Å². The molecule has 1 aromatic carbocycles. The number of anilines is 1. The van der Waals surface area contributed by atoms with Crippen LogP contribution in [0.1, 0.15) is 44.5 Å². The van der Waals surface area contributed by atoms with Crippen molar-refractivity contribution in [2.24, 2.45) is 0 Å². The first-order valence-corrected chi connectivity index (χ1v) is 14.4. The van der Waals surface area contributed by atoms with Gasteiger partial charge in [-0.25, -0.2) is 13.2 Å². The van der Waals surface area contributed by atoms with E-state index >= 15 is 0 Å². The first-order chi connectivity index (χ1) is 17.8. The molecule has 0 saturated heterocycles. The molecule has 0 saturated carbocycles. The first kappa shape index (κ1) is 29.2. The van der Waals surface area contributed by atoms with Gasteiger partial charge < -0.3 is 19.5 Å². The molecule has 0 aliphatic carbocycles. The summed E-state index contributed by atoms with van der Waals surface area (Å²) < 4.78 is 42.6. The quantitative estimate of drug-likeness (QED) is 0.377. The molecule has 0 bridgehead atoms. The maximum atomic E-state index is 13.1. The number of thiophene rings is 1. The predicted octanol–water partition coefficient (Wildman–Crippen LogP) is 2.84. The number of methoxy groups -OCH3 is 3. The van der Waals surface area contributed by atoms with E-state index < -0.39 is 21.9 Å². The third kappa shape index (κ3) is 6.95. The van der Waals surface area contributed by atoms with Gasteiger partial charge in [0, 0.05) is 50.8 Å². The number of esters is 1. The van der Waals surface area contributed by atoms with Gasteiger partial charge in [0.05, 0.1) is 30.8 Å². The summed E-state index contributed by atoms with van der Waals surface area (Å²) in [6.45, 7) is 5.51. The molecule has 0 spiro atoms. The van der Waals surface area contributed by atoms with E-state index in [0.717, 1.165) is 36.5 Å². The van der Waals surface area contributed by atoms with Gasteiger partial charge in [-0.2, -0.15) is 4.31 Å². The molecule has 1 aliphatic heterocycles. The second-order valence-corrected chi connectivity index (χ2v) is 11.6. The van der Waals surface area contributed by atoms with Crippen molar-refractivity contribution in [3.63, 3.8) is 0 Å². The van der Waals surface area contributed by atoms with Crippen molar-refractivity contribution >= 4 is 38.2 Å². The summed E-state index contributed by atoms with van der Waals surface area (Å²) >= 11 is 1.38. The Bertz CT molecular complexity index is 1170. The van der Waals surface area contributed by atoms with E-state index in [1.54, 1.807) is 0 Å². The van der Waals surface area contributed by atoms with Crippen LogP contribution in [0.3, 0.4) is 0 Å². The number of hydrogen-bond donors (Lipinski definition) is 1. The highest BCUT2D eigenvalue weighted by Gasteiger charge is 2.29. The summed E-state index contributed by atoms with van der Waals surface area (Å²) in [5, 5.41) is 3.30. The van der Waals surface area contributed by atoms with E-state index in [4.69, 9.17) is 14.2 Å². The highest BCUT2D eigenvalue weighted by molar-refractivity contribution is 7.89. The zero-order valence-corrected chi connectivity index (χ0v) is 23.4. The molecule has 3 rings (SSSR count). The fourth-order valence-corrected chi connectivity index (χ4v) is 6.89. The van der Waals surface area contributed by atoms with Crippen molar-refractivity contribution in [1.82, 2.24) is 9.21 Å². The molecule has 37 heavy (non-hydrogen) atoms. The van der Waals surface area contributed by atoms with Gasteiger partial charge in [-0.3, -0.25) is 9.69 Å². The molecule has 12 heteroatoms. The van der Waals surface area contributed by atoms with Gasteiger partial charge in [-0.15, -0.1) is 11.3 Å². The summed E-state index contributed by atoms with van der Waals surface area (Å²) in [6, 6.07) is 5.73. The van der Waals surface area contributed by atoms with Crippen LogP contribution in [-0.4, -0.2) is 90.2 Å². The van der Waals surface area contributed by atoms with E-state index in [1.807, 2.05) is 0 Å². The Morgan fingerprint density at radius 3 is 2.30 bits per heavy atom. The number of ether oxygens (including phenoxy) is 3. The number of benzene rings is 1. The molecule has 204 valence electrons. The third-order valence-electron chi connectivity index (χ3n) is 6.14. The van der Waals surface area contributed by atoms with E-state index in [-0.39, 0.29) is 36.8 Å². The van der Waals surface area contributed by atoms with Crippen LogP contribution in [-0.2, 0) is 37.2 Å². The lowest BCUT2D eigenvalue weighted by Gasteiger charge is -2.26. The second-order valence-electron chi connectivity index (χ2n) is 8.59. The summed E-state index contributed by atoms with van der Waals surface area (Å²) in [6.07, 6.45) is 1.75. The Hall–Kier alpha value is -2.35. The van der Waals surface area contributed by atoms with Crippen molar-refractivity contribution in [2.75, 3.05) is 66.0 Å². The smallest absolute Gasteiger partial charge is 0.341 e. The monoisotopic (exact) mass is 553 g/mol. The number of fused-ring (bicyclic) bond motifs is 1. The van der Waals surface area contributed by atoms with Crippen LogP contribution in [0.5, 0.6) is 0 Å². The van der Waals surface area contributed by atoms with Crippen LogP contribution in [0.2, 0.25) is 0 Å². The molecular formula is C25H35N3O7S2. The number of carbonyl (C=O) groups excluding carboxylic acids is 2. The van der Waals surface area contributed by atoms with Gasteiger partial charge in [0.25, 0.3) is 5.91 Å². The Morgan fingerprint density at radius 2 is 1.73 bits per heavy atom. The molecule has 1 aliphatic rings. The van der Waals surface area contributed by atoms with Crippen molar-refractivity contribution in [3.05, 3.63) is 45.8 Å². The number of nitrogens with zero attached hydrogens (tertiary/aromatic N) is 2. The molecule has 0 fully saturated rings. The second kappa shape index (κ2) is 13.4. The number of carbonyl (C=O) groups is 2. The van der Waals surface area contributed by atoms with Crippen LogP contribution >= 0.6 is 11.3 Å². The first-order valence-electron chi connectivity index (χ1n) is 12.1. The molecule has 1 aromatic heterocycles. The highest BCUT2D eigenvalue weighted by Crippen LogP contribution is 2.38. The minimum absolute atomic E-state index is 0.0640. The summed E-state index contributed by atoms with van der Waals surface area (Å²) in [5.74, 6) is -0.917. The van der Waals surface area contributed by atoms with Crippen molar-refractivity contribution in [3.8, 4) is 0 Å². The average molecular weight is 554 g/mol. The van der Waals surface area contributed by atoms with E-state index in [0.29, 0.717) is 17.0 Å². The van der Waals surface area contributed by atoms with Crippen LogP contribution in [0, 0.1) is 0 Å². The van der Waals surface area contributed by atoms with Gasteiger partial charge in [0.2, 0.25) is 10.0 Å². The molecule has 1 amide bonds. The predicted molar refractivity (Wildman–Crippen MR) is 142 cm³/mol. The fourth-order valence-electron chi connectivity index (χ4n) is 4.21. The lowest BCUT2D eigenvalue weighted by atomic mass is 10.0. The topological polar surface area (TPSA) is 114 Å². The SMILES string of the molecule is CCCN1CCc2c(sc(NC(=O)c3ccc(S(=O)(=O)N(CCOC)CCOC)cc3)c2C(=O)OC)C1. The number of nitrogens with one attached hydrogen (secondary N) is 1. The number of hydrogen-bond acceptors (Lipinski definition) is 9. The van der Waals surface area contributed by atoms with E-state index in [1.165, 1.54) is 61.2 Å². The standard InChI is InChI=1S/C25H35N3O7S2/c1-5-11-27-12-10-20-21(17-27)36-24(22(20)25(30)35-4)26-23(29)18-6-8-19(9-7-18)37(31,32)28(13-15-33-2)14-16-34-3/h6-9H,5,10-17H2,1-4H3,(H,26,29). The number of sulfonamides is 1. The minimum Gasteiger partial charge on any atom is -0.465 e. The lowest BCUT2D eigenvalue weighted by Crippen LogP contribution is -2.36. The molecule has 10 nitrogen and oxygen atoms in total. The lowest BCUT2D eigenvalue weighted by molar-refractivity contribution is 0.0600. The van der Waals surface area contributed by atoms with E-state index in [9.17, 15) is 18.0 Å². The van der Waals surface area contributed by atoms with E-state index in [2.05, 4.69) is 17.1 Å². The van der Waals surface area contributed by atoms with Gasteiger partial charge in [0.15, 0.2) is 0 Å². The molecule has 0 radical (unpaired) electrons. The van der Waals surface area contributed by atoms with Crippen molar-refractivity contribution in [1.29, 1.82) is 0 Å². The van der Waals surface area contributed by atoms with Crippen LogP contribution in [0.25, 0.3) is 0 Å². The van der Waals surface area contributed by atoms with Crippen LogP contribution < -0.4 is 5.32 Å². The maximum absolute atomic E-state index is 13.1. The van der Waals surface area contributed by atoms with Crippen molar-refractivity contribution < 1.29 is 32.2 Å². The van der Waals surface area contributed by atoms with Gasteiger partial charge in [-0.05, 0) is 49.2 Å². The molecule has 0 atom stereocenters. The molecule has 2 aromatic rings. The van der Waals surface area contributed by atoms with Gasteiger partial charge in [-0.1, -0.05) is 6.92 Å². The zero-order chi connectivity index (χ0) is 27.0. The van der Waals surface area contributed by atoms with Crippen LogP contribution in [0.4, 0.5) is 5.00 Å². The molecular weight excluding hydrogens is 518 g/mol. The molecule has 1 N–H and O–H groups in total. The highest BCUT2D eigenvalue weighted by atomic mass is 32.2. The Kier molecular flexibility index (Phi) is 10.6. The zero-order valence-electron chi connectivity index (χ0n) is 21.7. The summed E-state index contributed by atoms with van der Waals surface area (Å²) in [4.78, 5) is 29.1. The number of amides is 1.